The van der Waals surface area contributed by atoms with Gasteiger partial charge in [-0.1, -0.05) is 132 Å². The molecule has 3 heteroatoms. The van der Waals surface area contributed by atoms with Crippen molar-refractivity contribution in [3.05, 3.63) is 126 Å². The lowest BCUT2D eigenvalue weighted by molar-refractivity contribution is 0.107. The maximum atomic E-state index is 13.7. The first-order valence-electron chi connectivity index (χ1n) is 9.84. The molecule has 0 fully saturated rings. The summed E-state index contributed by atoms with van der Waals surface area (Å²) < 4.78 is 0.370. The average molecular weight is 429 g/mol. The predicted molar refractivity (Wildman–Crippen MR) is 132 cm³/mol. The molecule has 0 radical (unpaired) electrons. The molecule has 0 aliphatic carbocycles. The van der Waals surface area contributed by atoms with E-state index in [4.69, 9.17) is 11.6 Å². The van der Waals surface area contributed by atoms with Crippen LogP contribution >= 0.6 is 18.5 Å². The lowest BCUT2D eigenvalue weighted by atomic mass is 10.1. The Balaban J connectivity index is 2.13. The lowest BCUT2D eigenvalue weighted by Gasteiger charge is -2.30. The van der Waals surface area contributed by atoms with Crippen molar-refractivity contribution in [2.75, 3.05) is 0 Å². The summed E-state index contributed by atoms with van der Waals surface area (Å²) in [5.41, 5.74) is 1.72. The van der Waals surface area contributed by atoms with Crippen LogP contribution in [0, 0.1) is 6.92 Å². The monoisotopic (exact) mass is 428 g/mol. The zero-order chi connectivity index (χ0) is 21.0. The summed E-state index contributed by atoms with van der Waals surface area (Å²) in [5.74, 6) is -0.124. The first kappa shape index (κ1) is 20.4. The molecule has 4 rings (SSSR count). The molecular formula is C27H22ClOP. The van der Waals surface area contributed by atoms with E-state index in [0.29, 0.717) is 10.3 Å². The maximum absolute atomic E-state index is 13.7. The fourth-order valence-electron chi connectivity index (χ4n) is 3.72. The van der Waals surface area contributed by atoms with Crippen LogP contribution in [0.3, 0.4) is 0 Å². The van der Waals surface area contributed by atoms with E-state index < -0.39 is 6.89 Å². The van der Waals surface area contributed by atoms with Gasteiger partial charge in [0, 0.05) is 5.56 Å². The zero-order valence-corrected chi connectivity index (χ0v) is 18.4. The van der Waals surface area contributed by atoms with Gasteiger partial charge < -0.3 is 0 Å². The minimum atomic E-state index is -2.55. The molecule has 0 amide bonds. The summed E-state index contributed by atoms with van der Waals surface area (Å²) in [6, 6.07) is 38.1. The van der Waals surface area contributed by atoms with Crippen LogP contribution in [0.25, 0.3) is 0 Å². The van der Waals surface area contributed by atoms with Gasteiger partial charge >= 0.3 is 0 Å². The number of carbonyl (C=O) groups excluding carboxylic acids is 1. The topological polar surface area (TPSA) is 17.1 Å². The Hall–Kier alpha value is -2.86. The highest BCUT2D eigenvalue weighted by atomic mass is 35.5. The second-order valence-corrected chi connectivity index (χ2v) is 11.1. The number of rotatable bonds is 5. The van der Waals surface area contributed by atoms with E-state index in [1.165, 1.54) is 0 Å². The van der Waals surface area contributed by atoms with Gasteiger partial charge in [0.2, 0.25) is 5.78 Å². The number of benzene rings is 4. The van der Waals surface area contributed by atoms with Crippen molar-refractivity contribution in [3.8, 4) is 0 Å². The minimum Gasteiger partial charge on any atom is -0.288 e. The molecular weight excluding hydrogens is 407 g/mol. The molecule has 0 saturated heterocycles. The third-order valence-electron chi connectivity index (χ3n) is 5.23. The number of halogens is 1. The molecule has 148 valence electrons. The van der Waals surface area contributed by atoms with Crippen molar-refractivity contribution >= 4 is 44.9 Å². The number of hydrogen-bond acceptors (Lipinski definition) is 1. The van der Waals surface area contributed by atoms with Crippen molar-refractivity contribution in [2.45, 2.75) is 6.92 Å². The molecule has 4 aromatic carbocycles. The molecule has 0 aliphatic rings. The molecule has 0 aliphatic heterocycles. The van der Waals surface area contributed by atoms with E-state index in [1.807, 2.05) is 85.8 Å². The molecule has 0 atom stereocenters. The zero-order valence-electron chi connectivity index (χ0n) is 16.7. The molecule has 0 aromatic heterocycles. The van der Waals surface area contributed by atoms with Gasteiger partial charge in [-0.15, -0.1) is 0 Å². The van der Waals surface area contributed by atoms with Gasteiger partial charge in [0.25, 0.3) is 0 Å². The molecule has 0 bridgehead atoms. The Labute approximate surface area is 183 Å². The van der Waals surface area contributed by atoms with E-state index in [2.05, 4.69) is 36.4 Å². The van der Waals surface area contributed by atoms with E-state index >= 15 is 0 Å². The Morgan fingerprint density at radius 1 is 0.600 bits per heavy atom. The fourth-order valence-corrected chi connectivity index (χ4v) is 8.57. The number of Topliss-reactive ketones (excluding diaryl/α,β-unsaturated/α-hetero) is 1. The van der Waals surface area contributed by atoms with Gasteiger partial charge in [0.1, 0.15) is 0 Å². The Kier molecular flexibility index (Phi) is 6.04. The highest BCUT2D eigenvalue weighted by Gasteiger charge is 2.32. The van der Waals surface area contributed by atoms with Crippen LogP contribution in [0.1, 0.15) is 15.9 Å². The highest BCUT2D eigenvalue weighted by Crippen LogP contribution is 2.47. The summed E-state index contributed by atoms with van der Waals surface area (Å²) in [6.45, 7) is -0.536. The number of ketones is 1. The predicted octanol–water partition coefficient (Wildman–Crippen LogP) is 5.54. The fraction of sp³-hybridized carbons (Fsp3) is 0.0370. The van der Waals surface area contributed by atoms with E-state index in [-0.39, 0.29) is 5.78 Å². The quantitative estimate of drug-likeness (QED) is 0.301. The second kappa shape index (κ2) is 8.88. The first-order valence-corrected chi connectivity index (χ1v) is 12.0. The largest absolute Gasteiger partial charge is 0.288 e. The Bertz CT molecular complexity index is 1090. The van der Waals surface area contributed by atoms with Gasteiger partial charge in [-0.25, -0.2) is 0 Å². The average Bonchev–Trinajstić information content (AvgIpc) is 2.82. The lowest BCUT2D eigenvalue weighted by Crippen LogP contribution is -2.31. The van der Waals surface area contributed by atoms with Gasteiger partial charge in [-0.2, -0.15) is 0 Å². The van der Waals surface area contributed by atoms with Crippen LogP contribution in [-0.4, -0.2) is 10.5 Å². The normalized spacial score (nSPS) is 11.1. The van der Waals surface area contributed by atoms with Crippen molar-refractivity contribution in [1.82, 2.24) is 0 Å². The third kappa shape index (κ3) is 3.67. The molecule has 0 N–H and O–H groups in total. The summed E-state index contributed by atoms with van der Waals surface area (Å²) >= 11 is 7.15. The Morgan fingerprint density at radius 2 is 0.967 bits per heavy atom. The maximum Gasteiger partial charge on any atom is 0.205 e. The van der Waals surface area contributed by atoms with Crippen LogP contribution in [-0.2, 0) is 0 Å². The number of aryl methyl sites for hydroxylation is 1. The highest BCUT2D eigenvalue weighted by molar-refractivity contribution is 7.98. The van der Waals surface area contributed by atoms with Crippen LogP contribution in [0.4, 0.5) is 0 Å². The van der Waals surface area contributed by atoms with Crippen LogP contribution < -0.4 is 15.9 Å². The molecule has 30 heavy (non-hydrogen) atoms. The van der Waals surface area contributed by atoms with Gasteiger partial charge in [0.05, 0.1) is 4.75 Å². The molecule has 0 unspecified atom stereocenters. The van der Waals surface area contributed by atoms with Crippen LogP contribution in [0.5, 0.6) is 0 Å². The molecule has 0 saturated carbocycles. The first-order chi connectivity index (χ1) is 14.6. The molecule has 0 spiro atoms. The second-order valence-electron chi connectivity index (χ2n) is 7.16. The van der Waals surface area contributed by atoms with Crippen molar-refractivity contribution < 1.29 is 4.79 Å². The summed E-state index contributed by atoms with van der Waals surface area (Å²) in [5, 5.41) is 3.19. The smallest absolute Gasteiger partial charge is 0.205 e. The van der Waals surface area contributed by atoms with Gasteiger partial charge in [0.15, 0.2) is 0 Å². The third-order valence-corrected chi connectivity index (χ3v) is 10.2. The summed E-state index contributed by atoms with van der Waals surface area (Å²) in [4.78, 5) is 13.7. The molecule has 0 heterocycles. The van der Waals surface area contributed by atoms with Crippen LogP contribution in [0.2, 0.25) is 0 Å². The van der Waals surface area contributed by atoms with Crippen molar-refractivity contribution in [2.24, 2.45) is 0 Å². The van der Waals surface area contributed by atoms with Crippen molar-refractivity contribution in [3.63, 3.8) is 0 Å². The van der Waals surface area contributed by atoms with Crippen LogP contribution in [0.15, 0.2) is 115 Å². The number of carbonyl (C=O) groups is 1. The SMILES string of the molecule is Cc1ccc(C(=O)C(Cl)=P(c2ccccc2)(c2ccccc2)c2ccccc2)cc1. The molecule has 4 aromatic rings. The molecule has 1 nitrogen and oxygen atoms in total. The van der Waals surface area contributed by atoms with E-state index in [0.717, 1.165) is 21.5 Å². The van der Waals surface area contributed by atoms with E-state index in [1.54, 1.807) is 0 Å². The van der Waals surface area contributed by atoms with Crippen molar-refractivity contribution in [1.29, 1.82) is 0 Å². The number of hydrogen-bond donors (Lipinski definition) is 0. The minimum absolute atomic E-state index is 0.124. The van der Waals surface area contributed by atoms with Gasteiger partial charge in [-0.05, 0) is 29.7 Å². The van der Waals surface area contributed by atoms with E-state index in [9.17, 15) is 4.79 Å². The summed E-state index contributed by atoms with van der Waals surface area (Å²) in [7, 11) is 0. The van der Waals surface area contributed by atoms with Gasteiger partial charge in [-0.3, -0.25) is 4.79 Å². The summed E-state index contributed by atoms with van der Waals surface area (Å²) in [6.07, 6.45) is 0. The standard InChI is InChI=1S/C27H22ClOP/c1-21-17-19-22(20-18-21)26(29)27(28)30(23-11-5-2-6-12-23,24-13-7-3-8-14-24)25-15-9-4-10-16-25/h2-20H,1H3. The Morgan fingerprint density at radius 3 is 1.33 bits per heavy atom.